The van der Waals surface area contributed by atoms with E-state index in [0.29, 0.717) is 13.2 Å². The molecule has 1 aliphatic rings. The first kappa shape index (κ1) is 13.9. The standard InChI is InChI=1S/C11H20N2O4/c1-7(2)8(12)5-10(14)13-3-4-17-6-9(13)11(15)16/h7-9H,3-6,12H2,1-2H3,(H,15,16). The summed E-state index contributed by atoms with van der Waals surface area (Å²) in [5, 5.41) is 9.00. The van der Waals surface area contributed by atoms with Crippen LogP contribution in [0.15, 0.2) is 0 Å². The number of ether oxygens (including phenoxy) is 1. The van der Waals surface area contributed by atoms with E-state index in [-0.39, 0.29) is 30.9 Å². The zero-order valence-electron chi connectivity index (χ0n) is 10.3. The van der Waals surface area contributed by atoms with Gasteiger partial charge in [-0.25, -0.2) is 4.79 Å². The number of rotatable bonds is 4. The van der Waals surface area contributed by atoms with Gasteiger partial charge in [-0.15, -0.1) is 0 Å². The normalized spacial score (nSPS) is 22.6. The SMILES string of the molecule is CC(C)C(N)CC(=O)N1CCOCC1C(=O)O. The summed E-state index contributed by atoms with van der Waals surface area (Å²) in [5.41, 5.74) is 5.82. The lowest BCUT2D eigenvalue weighted by molar-refractivity contribution is -0.158. The quantitative estimate of drug-likeness (QED) is 0.706. The molecule has 1 saturated heterocycles. The lowest BCUT2D eigenvalue weighted by atomic mass is 10.0. The monoisotopic (exact) mass is 244 g/mol. The van der Waals surface area contributed by atoms with Crippen molar-refractivity contribution < 1.29 is 19.4 Å². The molecule has 2 unspecified atom stereocenters. The molecule has 3 N–H and O–H groups in total. The summed E-state index contributed by atoms with van der Waals surface area (Å²) in [6.07, 6.45) is 0.182. The Morgan fingerprint density at radius 3 is 2.71 bits per heavy atom. The van der Waals surface area contributed by atoms with Crippen molar-refractivity contribution in [1.82, 2.24) is 4.90 Å². The van der Waals surface area contributed by atoms with Crippen molar-refractivity contribution >= 4 is 11.9 Å². The summed E-state index contributed by atoms with van der Waals surface area (Å²) in [6, 6.07) is -1.12. The highest BCUT2D eigenvalue weighted by Crippen LogP contribution is 2.12. The fourth-order valence-corrected chi connectivity index (χ4v) is 1.66. The molecule has 0 aliphatic carbocycles. The molecule has 17 heavy (non-hydrogen) atoms. The summed E-state index contributed by atoms with van der Waals surface area (Å²) in [6.45, 7) is 4.63. The minimum atomic E-state index is -1.03. The number of nitrogens with two attached hydrogens (primary N) is 1. The molecule has 2 atom stereocenters. The van der Waals surface area contributed by atoms with Gasteiger partial charge in [-0.2, -0.15) is 0 Å². The van der Waals surface area contributed by atoms with Gasteiger partial charge in [-0.3, -0.25) is 4.79 Å². The van der Waals surface area contributed by atoms with Crippen molar-refractivity contribution in [2.24, 2.45) is 11.7 Å². The number of carboxylic acid groups (broad SMARTS) is 1. The average Bonchev–Trinajstić information content (AvgIpc) is 2.28. The van der Waals surface area contributed by atoms with Gasteiger partial charge in [-0.1, -0.05) is 13.8 Å². The van der Waals surface area contributed by atoms with E-state index in [1.54, 1.807) is 0 Å². The first-order chi connectivity index (χ1) is 7.93. The Hall–Kier alpha value is -1.14. The van der Waals surface area contributed by atoms with Gasteiger partial charge < -0.3 is 20.5 Å². The van der Waals surface area contributed by atoms with Gasteiger partial charge in [0.1, 0.15) is 0 Å². The number of hydrogen-bond acceptors (Lipinski definition) is 4. The fraction of sp³-hybridized carbons (Fsp3) is 0.818. The predicted octanol–water partition coefficient (Wildman–Crippen LogP) is -0.328. The van der Waals surface area contributed by atoms with Crippen LogP contribution < -0.4 is 5.73 Å². The van der Waals surface area contributed by atoms with E-state index in [0.717, 1.165) is 0 Å². The molecule has 0 bridgehead atoms. The predicted molar refractivity (Wildman–Crippen MR) is 61.4 cm³/mol. The van der Waals surface area contributed by atoms with Crippen LogP contribution in [-0.4, -0.2) is 53.7 Å². The van der Waals surface area contributed by atoms with Crippen LogP contribution >= 0.6 is 0 Å². The van der Waals surface area contributed by atoms with E-state index in [2.05, 4.69) is 0 Å². The second-order valence-corrected chi connectivity index (χ2v) is 4.63. The summed E-state index contributed by atoms with van der Waals surface area (Å²) < 4.78 is 5.07. The maximum Gasteiger partial charge on any atom is 0.328 e. The molecule has 1 rings (SSSR count). The second-order valence-electron chi connectivity index (χ2n) is 4.63. The highest BCUT2D eigenvalue weighted by molar-refractivity contribution is 5.84. The van der Waals surface area contributed by atoms with Crippen LogP contribution in [0.25, 0.3) is 0 Å². The van der Waals surface area contributed by atoms with Crippen LogP contribution in [-0.2, 0) is 14.3 Å². The van der Waals surface area contributed by atoms with Crippen molar-refractivity contribution in [2.45, 2.75) is 32.4 Å². The smallest absolute Gasteiger partial charge is 0.328 e. The first-order valence-electron chi connectivity index (χ1n) is 5.79. The number of nitrogens with zero attached hydrogens (tertiary/aromatic N) is 1. The van der Waals surface area contributed by atoms with Crippen LogP contribution in [0.1, 0.15) is 20.3 Å². The van der Waals surface area contributed by atoms with Gasteiger partial charge in [0.25, 0.3) is 0 Å². The molecular formula is C11H20N2O4. The Morgan fingerprint density at radius 1 is 1.53 bits per heavy atom. The highest BCUT2D eigenvalue weighted by atomic mass is 16.5. The van der Waals surface area contributed by atoms with Crippen molar-refractivity contribution in [3.63, 3.8) is 0 Å². The molecule has 0 aromatic carbocycles. The molecule has 0 saturated carbocycles. The molecule has 1 aliphatic heterocycles. The van der Waals surface area contributed by atoms with Crippen molar-refractivity contribution in [1.29, 1.82) is 0 Å². The van der Waals surface area contributed by atoms with Crippen LogP contribution in [0.5, 0.6) is 0 Å². The molecule has 6 heteroatoms. The average molecular weight is 244 g/mol. The Bertz CT molecular complexity index is 293. The number of morpholine rings is 1. The molecule has 0 spiro atoms. The zero-order valence-corrected chi connectivity index (χ0v) is 10.3. The third kappa shape index (κ3) is 3.67. The minimum Gasteiger partial charge on any atom is -0.480 e. The Labute approximate surface area is 101 Å². The van der Waals surface area contributed by atoms with Gasteiger partial charge in [0, 0.05) is 19.0 Å². The third-order valence-electron chi connectivity index (χ3n) is 3.00. The van der Waals surface area contributed by atoms with E-state index in [4.69, 9.17) is 15.6 Å². The first-order valence-corrected chi connectivity index (χ1v) is 5.79. The van der Waals surface area contributed by atoms with Crippen LogP contribution in [0.2, 0.25) is 0 Å². The number of carboxylic acids is 1. The number of amides is 1. The number of carbonyl (C=O) groups excluding carboxylic acids is 1. The lowest BCUT2D eigenvalue weighted by Gasteiger charge is -2.33. The van der Waals surface area contributed by atoms with E-state index in [1.807, 2.05) is 13.8 Å². The van der Waals surface area contributed by atoms with Gasteiger partial charge >= 0.3 is 5.97 Å². The van der Waals surface area contributed by atoms with Crippen molar-refractivity contribution in [3.05, 3.63) is 0 Å². The number of hydrogen-bond donors (Lipinski definition) is 2. The maximum atomic E-state index is 12.0. The molecule has 1 fully saturated rings. The Morgan fingerprint density at radius 2 is 2.18 bits per heavy atom. The Balaban J connectivity index is 2.62. The van der Waals surface area contributed by atoms with Crippen LogP contribution in [0.4, 0.5) is 0 Å². The summed E-state index contributed by atoms with van der Waals surface area (Å²) in [4.78, 5) is 24.3. The molecule has 0 radical (unpaired) electrons. The van der Waals surface area contributed by atoms with Crippen LogP contribution in [0, 0.1) is 5.92 Å². The number of carbonyl (C=O) groups is 2. The highest BCUT2D eigenvalue weighted by Gasteiger charge is 2.33. The summed E-state index contributed by atoms with van der Waals surface area (Å²) >= 11 is 0. The molecule has 0 aromatic rings. The van der Waals surface area contributed by atoms with E-state index < -0.39 is 12.0 Å². The van der Waals surface area contributed by atoms with Crippen LogP contribution in [0.3, 0.4) is 0 Å². The van der Waals surface area contributed by atoms with Gasteiger partial charge in [0.2, 0.25) is 5.91 Å². The van der Waals surface area contributed by atoms with Gasteiger partial charge in [0.15, 0.2) is 6.04 Å². The minimum absolute atomic E-state index is 0.0536. The molecule has 98 valence electrons. The van der Waals surface area contributed by atoms with Gasteiger partial charge in [0.05, 0.1) is 13.2 Å². The van der Waals surface area contributed by atoms with E-state index in [9.17, 15) is 9.59 Å². The molecule has 1 heterocycles. The van der Waals surface area contributed by atoms with Crippen molar-refractivity contribution in [3.8, 4) is 0 Å². The summed E-state index contributed by atoms with van der Waals surface area (Å²) in [7, 11) is 0. The lowest BCUT2D eigenvalue weighted by Crippen LogP contribution is -2.53. The maximum absolute atomic E-state index is 12.0. The molecular weight excluding hydrogens is 224 g/mol. The van der Waals surface area contributed by atoms with Crippen molar-refractivity contribution in [2.75, 3.05) is 19.8 Å². The van der Waals surface area contributed by atoms with E-state index >= 15 is 0 Å². The topological polar surface area (TPSA) is 92.9 Å². The second kappa shape index (κ2) is 5.97. The molecule has 6 nitrogen and oxygen atoms in total. The Kier molecular flexibility index (Phi) is 4.89. The van der Waals surface area contributed by atoms with Gasteiger partial charge in [-0.05, 0) is 5.92 Å². The molecule has 0 aromatic heterocycles. The fourth-order valence-electron chi connectivity index (χ4n) is 1.66. The largest absolute Gasteiger partial charge is 0.480 e. The zero-order chi connectivity index (χ0) is 13.0. The molecule has 1 amide bonds. The number of aliphatic carboxylic acids is 1. The third-order valence-corrected chi connectivity index (χ3v) is 3.00. The summed E-state index contributed by atoms with van der Waals surface area (Å²) in [5.74, 6) is -1.04. The van der Waals surface area contributed by atoms with E-state index in [1.165, 1.54) is 4.90 Å².